The van der Waals surface area contributed by atoms with E-state index in [9.17, 15) is 9.90 Å². The summed E-state index contributed by atoms with van der Waals surface area (Å²) in [6.45, 7) is 1.27. The number of aliphatic hydroxyl groups is 1. The maximum Gasteiger partial charge on any atom is 0.160 e. The van der Waals surface area contributed by atoms with Crippen molar-refractivity contribution >= 4 is 22.6 Å². The summed E-state index contributed by atoms with van der Waals surface area (Å²) < 4.78 is 0. The van der Waals surface area contributed by atoms with E-state index in [1.54, 1.807) is 0 Å². The van der Waals surface area contributed by atoms with Crippen molar-refractivity contribution in [2.24, 2.45) is 5.92 Å². The summed E-state index contributed by atoms with van der Waals surface area (Å²) in [5.74, 6) is 0.749. The molecule has 15 heavy (non-hydrogen) atoms. The van der Waals surface area contributed by atoms with E-state index in [4.69, 9.17) is 0 Å². The van der Waals surface area contributed by atoms with E-state index in [1.807, 2.05) is 12.1 Å². The molecule has 4 heteroatoms. The molecule has 0 atom stereocenters. The number of nitrogens with zero attached hydrogens (tertiary/aromatic N) is 1. The van der Waals surface area contributed by atoms with Gasteiger partial charge >= 0.3 is 0 Å². The molecule has 0 amide bonds. The van der Waals surface area contributed by atoms with E-state index in [0.29, 0.717) is 0 Å². The van der Waals surface area contributed by atoms with Gasteiger partial charge in [0.2, 0.25) is 0 Å². The first kappa shape index (κ1) is 9.36. The molecule has 0 aromatic carbocycles. The summed E-state index contributed by atoms with van der Waals surface area (Å²) >= 11 is 1.52. The highest BCUT2D eigenvalue weighted by Crippen LogP contribution is 2.52. The number of hydrogen-bond donors (Lipinski definition) is 1. The highest BCUT2D eigenvalue weighted by atomic mass is 32.1. The van der Waals surface area contributed by atoms with Crippen LogP contribution >= 0.6 is 11.3 Å². The Morgan fingerprint density at radius 1 is 1.60 bits per heavy atom. The molecule has 3 nitrogen and oxygen atoms in total. The number of anilines is 1. The van der Waals surface area contributed by atoms with Gasteiger partial charge in [-0.3, -0.25) is 4.79 Å². The van der Waals surface area contributed by atoms with E-state index < -0.39 is 0 Å². The van der Waals surface area contributed by atoms with Gasteiger partial charge in [0, 0.05) is 6.54 Å². The molecule has 3 heterocycles. The van der Waals surface area contributed by atoms with Gasteiger partial charge in [0.05, 0.1) is 22.0 Å². The van der Waals surface area contributed by atoms with Crippen LogP contribution < -0.4 is 4.90 Å². The van der Waals surface area contributed by atoms with Gasteiger partial charge < -0.3 is 10.0 Å². The van der Waals surface area contributed by atoms with Crippen molar-refractivity contribution < 1.29 is 9.90 Å². The molecule has 4 rings (SSSR count). The highest BCUT2D eigenvalue weighted by molar-refractivity contribution is 7.17. The number of carbonyl (C=O) groups excluding carboxylic acids is 1. The van der Waals surface area contributed by atoms with Gasteiger partial charge in [-0.25, -0.2) is 0 Å². The molecule has 0 unspecified atom stereocenters. The van der Waals surface area contributed by atoms with E-state index in [0.717, 1.165) is 41.5 Å². The summed E-state index contributed by atoms with van der Waals surface area (Å²) in [7, 11) is 0. The first-order valence-electron chi connectivity index (χ1n) is 5.21. The second-order valence-corrected chi connectivity index (χ2v) is 5.65. The zero-order chi connectivity index (χ0) is 10.5. The Bertz CT molecular complexity index is 395. The molecule has 0 radical (unpaired) electrons. The predicted octanol–water partition coefficient (Wildman–Crippen LogP) is 1.52. The average Bonchev–Trinajstić information content (AvgIpc) is 2.87. The average molecular weight is 223 g/mol. The fraction of sp³-hybridized carbons (Fsp3) is 0.545. The number of thiophene rings is 1. The van der Waals surface area contributed by atoms with Crippen molar-refractivity contribution in [1.82, 2.24) is 0 Å². The van der Waals surface area contributed by atoms with Gasteiger partial charge in [0.15, 0.2) is 6.29 Å². The van der Waals surface area contributed by atoms with Crippen LogP contribution in [0.5, 0.6) is 0 Å². The number of fused-ring (bicyclic) bond motifs is 1. The molecule has 1 aromatic rings. The molecule has 1 N–H and O–H groups in total. The normalized spacial score (nSPS) is 32.9. The lowest BCUT2D eigenvalue weighted by Gasteiger charge is -2.41. The van der Waals surface area contributed by atoms with Gasteiger partial charge in [0.1, 0.15) is 0 Å². The molecule has 80 valence electrons. The lowest BCUT2D eigenvalue weighted by atomic mass is 9.74. The Hall–Kier alpha value is -0.870. The Balaban J connectivity index is 1.91. The number of rotatable bonds is 3. The van der Waals surface area contributed by atoms with Gasteiger partial charge in [-0.05, 0) is 30.9 Å². The number of aliphatic hydroxyl groups excluding tert-OH is 1. The van der Waals surface area contributed by atoms with Crippen LogP contribution in [-0.4, -0.2) is 30.1 Å². The third-order valence-electron chi connectivity index (χ3n) is 3.64. The molecule has 1 aliphatic carbocycles. The maximum absolute atomic E-state index is 10.6. The molecular weight excluding hydrogens is 210 g/mol. The Morgan fingerprint density at radius 2 is 2.40 bits per heavy atom. The van der Waals surface area contributed by atoms with Gasteiger partial charge in [0.25, 0.3) is 0 Å². The molecule has 3 aliphatic rings. The summed E-state index contributed by atoms with van der Waals surface area (Å²) in [4.78, 5) is 13.7. The molecule has 1 aromatic heterocycles. The first-order chi connectivity index (χ1) is 7.27. The Kier molecular flexibility index (Phi) is 1.91. The summed E-state index contributed by atoms with van der Waals surface area (Å²) in [5, 5.41) is 10.6. The lowest BCUT2D eigenvalue weighted by Crippen LogP contribution is -2.49. The number of carbonyl (C=O) groups is 1. The minimum atomic E-state index is -0.00429. The summed E-state index contributed by atoms with van der Waals surface area (Å²) in [6, 6.07) is 3.85. The SMILES string of the molecule is O=Cc1ccc(N2CC3CC2(CO)C3)s1. The van der Waals surface area contributed by atoms with E-state index >= 15 is 0 Å². The fourth-order valence-electron chi connectivity index (χ4n) is 2.91. The molecule has 1 saturated carbocycles. The zero-order valence-corrected chi connectivity index (χ0v) is 9.17. The van der Waals surface area contributed by atoms with Gasteiger partial charge in [-0.2, -0.15) is 0 Å². The van der Waals surface area contributed by atoms with E-state index in [2.05, 4.69) is 4.90 Å². The minimum Gasteiger partial charge on any atom is -0.394 e. The third kappa shape index (κ3) is 1.18. The van der Waals surface area contributed by atoms with Crippen LogP contribution in [0.1, 0.15) is 22.5 Å². The smallest absolute Gasteiger partial charge is 0.160 e. The third-order valence-corrected chi connectivity index (χ3v) is 4.67. The van der Waals surface area contributed by atoms with Crippen LogP contribution in [0.15, 0.2) is 12.1 Å². The number of aldehydes is 1. The first-order valence-corrected chi connectivity index (χ1v) is 6.02. The summed E-state index contributed by atoms with van der Waals surface area (Å²) in [6.07, 6.45) is 3.11. The van der Waals surface area contributed by atoms with E-state index in [1.165, 1.54) is 11.3 Å². The summed E-state index contributed by atoms with van der Waals surface area (Å²) in [5.41, 5.74) is -0.00429. The molecule has 2 bridgehead atoms. The maximum atomic E-state index is 10.6. The standard InChI is InChI=1S/C11H13NO2S/c13-6-9-1-2-10(15-9)12-5-8-3-11(12,4-8)7-14/h1-2,6,8,14H,3-5,7H2. The van der Waals surface area contributed by atoms with Crippen LogP contribution in [0, 0.1) is 5.92 Å². The van der Waals surface area contributed by atoms with Crippen molar-refractivity contribution in [3.05, 3.63) is 17.0 Å². The van der Waals surface area contributed by atoms with Gasteiger partial charge in [-0.15, -0.1) is 11.3 Å². The quantitative estimate of drug-likeness (QED) is 0.790. The Labute approximate surface area is 92.3 Å². The van der Waals surface area contributed by atoms with Crippen molar-refractivity contribution in [2.75, 3.05) is 18.1 Å². The molecule has 2 aliphatic heterocycles. The van der Waals surface area contributed by atoms with Crippen LogP contribution in [-0.2, 0) is 0 Å². The van der Waals surface area contributed by atoms with Crippen LogP contribution in [0.25, 0.3) is 0 Å². The van der Waals surface area contributed by atoms with Crippen LogP contribution in [0.4, 0.5) is 5.00 Å². The fourth-order valence-corrected chi connectivity index (χ4v) is 3.85. The molecule has 3 fully saturated rings. The highest BCUT2D eigenvalue weighted by Gasteiger charge is 2.55. The Morgan fingerprint density at radius 3 is 3.00 bits per heavy atom. The minimum absolute atomic E-state index is 0.00429. The second kappa shape index (κ2) is 3.06. The van der Waals surface area contributed by atoms with Crippen molar-refractivity contribution in [1.29, 1.82) is 0 Å². The van der Waals surface area contributed by atoms with Gasteiger partial charge in [-0.1, -0.05) is 0 Å². The van der Waals surface area contributed by atoms with Crippen LogP contribution in [0.3, 0.4) is 0 Å². The topological polar surface area (TPSA) is 40.5 Å². The monoisotopic (exact) mass is 223 g/mol. The molecular formula is C11H13NO2S. The second-order valence-electron chi connectivity index (χ2n) is 4.56. The zero-order valence-electron chi connectivity index (χ0n) is 8.35. The number of hydrogen-bond acceptors (Lipinski definition) is 4. The van der Waals surface area contributed by atoms with E-state index in [-0.39, 0.29) is 12.1 Å². The van der Waals surface area contributed by atoms with Crippen LogP contribution in [0.2, 0.25) is 0 Å². The largest absolute Gasteiger partial charge is 0.394 e. The predicted molar refractivity (Wildman–Crippen MR) is 59.6 cm³/mol. The van der Waals surface area contributed by atoms with Crippen molar-refractivity contribution in [3.8, 4) is 0 Å². The lowest BCUT2D eigenvalue weighted by molar-refractivity contribution is 0.112. The molecule has 2 saturated heterocycles. The van der Waals surface area contributed by atoms with Crippen molar-refractivity contribution in [2.45, 2.75) is 18.4 Å². The molecule has 0 spiro atoms. The van der Waals surface area contributed by atoms with Crippen molar-refractivity contribution in [3.63, 3.8) is 0 Å².